The van der Waals surface area contributed by atoms with Gasteiger partial charge in [-0.05, 0) is 28.1 Å². The molecule has 0 unspecified atom stereocenters. The Bertz CT molecular complexity index is 270. The van der Waals surface area contributed by atoms with Crippen LogP contribution in [0.5, 0.6) is 0 Å². The molecule has 0 aliphatic rings. The summed E-state index contributed by atoms with van der Waals surface area (Å²) in [4.78, 5) is 2.34. The third kappa shape index (κ3) is 1.59. The molecule has 1 rings (SSSR count). The summed E-state index contributed by atoms with van der Waals surface area (Å²) >= 11 is 7.62. The largest absolute Gasteiger partial charge is 0.322 e. The Balaban J connectivity index is 3.34. The molecule has 1 aromatic rings. The van der Waals surface area contributed by atoms with Gasteiger partial charge in [0.05, 0.1) is 4.47 Å². The van der Waals surface area contributed by atoms with Gasteiger partial charge in [-0.25, -0.2) is 0 Å². The first-order valence-corrected chi connectivity index (χ1v) is 3.44. The van der Waals surface area contributed by atoms with Crippen LogP contribution in [-0.2, 0) is 0 Å². The minimum Gasteiger partial charge on any atom is -0.322 e. The second-order valence-corrected chi connectivity index (χ2v) is 2.78. The molecule has 0 saturated heterocycles. The summed E-state index contributed by atoms with van der Waals surface area (Å²) in [6, 6.07) is 3.18. The zero-order valence-electron chi connectivity index (χ0n) is 4.32. The van der Waals surface area contributed by atoms with Crippen LogP contribution in [0.2, 0.25) is 0 Å². The van der Waals surface area contributed by atoms with Gasteiger partial charge >= 0.3 is 0 Å². The lowest BCUT2D eigenvalue weighted by molar-refractivity contribution is 0.575. The van der Waals surface area contributed by atoms with Crippen molar-refractivity contribution in [3.63, 3.8) is 0 Å². The van der Waals surface area contributed by atoms with Crippen molar-refractivity contribution in [2.24, 2.45) is 0 Å². The fourth-order valence-corrected chi connectivity index (χ4v) is 0.820. The first-order chi connectivity index (χ1) is 4.20. The lowest BCUT2D eigenvalue weighted by Gasteiger charge is -1.89. The monoisotopic (exact) mass is 207 g/mol. The van der Waals surface area contributed by atoms with Gasteiger partial charge in [0, 0.05) is 0 Å². The maximum Gasteiger partial charge on any atom is 0.206 e. The van der Waals surface area contributed by atoms with Crippen molar-refractivity contribution in [1.82, 2.24) is 4.98 Å². The lowest BCUT2D eigenvalue weighted by Crippen LogP contribution is -1.82. The first-order valence-electron chi connectivity index (χ1n) is 2.24. The van der Waals surface area contributed by atoms with Gasteiger partial charge in [0.2, 0.25) is 5.95 Å². The molecule has 1 N–H and O–H groups in total. The minimum absolute atomic E-state index is 0.399. The summed E-state index contributed by atoms with van der Waals surface area (Å²) in [7, 11) is 0. The number of halogens is 2. The summed E-state index contributed by atoms with van der Waals surface area (Å²) in [6.07, 6.45) is 0. The van der Waals surface area contributed by atoms with E-state index >= 15 is 0 Å². The molecule has 4 heteroatoms. The summed E-state index contributed by atoms with van der Waals surface area (Å²) in [5, 5.41) is 0. The van der Waals surface area contributed by atoms with Crippen molar-refractivity contribution in [2.75, 3.05) is 0 Å². The molecule has 1 nitrogen and oxygen atoms in total. The van der Waals surface area contributed by atoms with E-state index in [-0.39, 0.29) is 0 Å². The molecule has 1 heterocycles. The molecule has 0 aromatic carbocycles. The van der Waals surface area contributed by atoms with Crippen molar-refractivity contribution in [3.8, 4) is 0 Å². The molecule has 0 spiro atoms. The number of H-pyrrole nitrogens is 1. The Labute approximate surface area is 65.0 Å². The van der Waals surface area contributed by atoms with Gasteiger partial charge < -0.3 is 4.98 Å². The first kappa shape index (κ1) is 6.89. The molecule has 48 valence electrons. The summed E-state index contributed by atoms with van der Waals surface area (Å²) in [6.45, 7) is 0. The van der Waals surface area contributed by atoms with Crippen LogP contribution in [0.1, 0.15) is 0 Å². The van der Waals surface area contributed by atoms with E-state index in [1.54, 1.807) is 12.1 Å². The molecule has 0 aliphatic carbocycles. The van der Waals surface area contributed by atoms with Gasteiger partial charge in [0.25, 0.3) is 0 Å². The quantitative estimate of drug-likeness (QED) is 0.511. The fourth-order valence-electron chi connectivity index (χ4n) is 0.432. The highest BCUT2D eigenvalue weighted by Gasteiger charge is 1.93. The molecular weight excluding hydrogens is 205 g/mol. The van der Waals surface area contributed by atoms with Gasteiger partial charge in [-0.15, -0.1) is 0 Å². The number of hydrogen-bond acceptors (Lipinski definition) is 1. The molecule has 9 heavy (non-hydrogen) atoms. The van der Waals surface area contributed by atoms with Gasteiger partial charge in [0.1, 0.15) is 4.64 Å². The third-order valence-electron chi connectivity index (χ3n) is 0.824. The Hall–Kier alpha value is -0.220. The van der Waals surface area contributed by atoms with E-state index in [1.165, 1.54) is 0 Å². The number of nitrogens with one attached hydrogen (secondary N) is 1. The Morgan fingerprint density at radius 2 is 2.22 bits per heavy atom. The average Bonchev–Trinajstić information content (AvgIpc) is 1.80. The third-order valence-corrected chi connectivity index (χ3v) is 1.67. The second-order valence-electron chi connectivity index (χ2n) is 1.48. The van der Waals surface area contributed by atoms with Gasteiger partial charge in [-0.2, -0.15) is 4.39 Å². The molecule has 0 bridgehead atoms. The van der Waals surface area contributed by atoms with Gasteiger partial charge in [0.15, 0.2) is 0 Å². The van der Waals surface area contributed by atoms with Crippen LogP contribution in [0.4, 0.5) is 4.39 Å². The smallest absolute Gasteiger partial charge is 0.206 e. The molecule has 1 aromatic heterocycles. The van der Waals surface area contributed by atoms with E-state index in [1.807, 2.05) is 0 Å². The molecule has 0 amide bonds. The maximum absolute atomic E-state index is 12.4. The van der Waals surface area contributed by atoms with Gasteiger partial charge in [-0.1, -0.05) is 12.2 Å². The molecule has 0 fully saturated rings. The topological polar surface area (TPSA) is 15.8 Å². The number of hydrogen-bond donors (Lipinski definition) is 1. The maximum atomic E-state index is 12.4. The molecule has 0 radical (unpaired) electrons. The predicted octanol–water partition coefficient (Wildman–Crippen LogP) is 2.65. The highest BCUT2D eigenvalue weighted by atomic mass is 79.9. The van der Waals surface area contributed by atoms with Crippen LogP contribution in [-0.4, -0.2) is 4.98 Å². The van der Waals surface area contributed by atoms with E-state index in [0.717, 1.165) is 0 Å². The minimum atomic E-state index is -0.428. The van der Waals surface area contributed by atoms with Crippen LogP contribution >= 0.6 is 28.1 Å². The Morgan fingerprint density at radius 3 is 2.67 bits per heavy atom. The number of pyridine rings is 1. The fraction of sp³-hybridized carbons (Fsp3) is 0. The van der Waals surface area contributed by atoms with Crippen molar-refractivity contribution >= 4 is 28.1 Å². The SMILES string of the molecule is Fc1[nH]c(=S)ccc1Br. The lowest BCUT2D eigenvalue weighted by atomic mass is 10.5. The zero-order valence-corrected chi connectivity index (χ0v) is 6.72. The van der Waals surface area contributed by atoms with Crippen LogP contribution < -0.4 is 0 Å². The van der Waals surface area contributed by atoms with Crippen molar-refractivity contribution in [1.29, 1.82) is 0 Å². The standard InChI is InChI=1S/C5H3BrFNS/c6-3-1-2-4(9)8-5(3)7/h1-2H,(H,8,9). The highest BCUT2D eigenvalue weighted by molar-refractivity contribution is 9.10. The molecule has 0 aliphatic heterocycles. The van der Waals surface area contributed by atoms with E-state index in [2.05, 4.69) is 33.1 Å². The van der Waals surface area contributed by atoms with Crippen LogP contribution in [0.3, 0.4) is 0 Å². The highest BCUT2D eigenvalue weighted by Crippen LogP contribution is 2.10. The number of rotatable bonds is 0. The number of aromatic amines is 1. The second kappa shape index (κ2) is 2.58. The van der Waals surface area contributed by atoms with Crippen LogP contribution in [0.25, 0.3) is 0 Å². The predicted molar refractivity (Wildman–Crippen MR) is 39.3 cm³/mol. The summed E-state index contributed by atoms with van der Waals surface area (Å²) < 4.78 is 13.2. The average molecular weight is 208 g/mol. The van der Waals surface area contributed by atoms with Crippen LogP contribution in [0.15, 0.2) is 16.6 Å². The summed E-state index contributed by atoms with van der Waals surface area (Å²) in [5.41, 5.74) is 0. The van der Waals surface area contributed by atoms with E-state index in [4.69, 9.17) is 0 Å². The molecule has 0 saturated carbocycles. The zero-order chi connectivity index (χ0) is 6.85. The van der Waals surface area contributed by atoms with Crippen molar-refractivity contribution in [3.05, 3.63) is 27.2 Å². The summed E-state index contributed by atoms with van der Waals surface area (Å²) in [5.74, 6) is -0.428. The van der Waals surface area contributed by atoms with E-state index < -0.39 is 5.95 Å². The van der Waals surface area contributed by atoms with Crippen molar-refractivity contribution < 1.29 is 4.39 Å². The van der Waals surface area contributed by atoms with E-state index in [9.17, 15) is 4.39 Å². The van der Waals surface area contributed by atoms with E-state index in [0.29, 0.717) is 9.11 Å². The number of aromatic nitrogens is 1. The van der Waals surface area contributed by atoms with Crippen LogP contribution in [0, 0.1) is 10.6 Å². The Morgan fingerprint density at radius 1 is 1.56 bits per heavy atom. The van der Waals surface area contributed by atoms with Gasteiger partial charge in [-0.3, -0.25) is 0 Å². The molecule has 0 atom stereocenters. The normalized spacial score (nSPS) is 9.56. The molecular formula is C5H3BrFNS. The van der Waals surface area contributed by atoms with Crippen molar-refractivity contribution in [2.45, 2.75) is 0 Å². The Kier molecular flexibility index (Phi) is 1.97.